The third-order valence-electron chi connectivity index (χ3n) is 3.59. The Balaban J connectivity index is 2.24. The maximum atomic E-state index is 12.6. The molecule has 0 aliphatic carbocycles. The number of nitrogens with one attached hydrogen (secondary N) is 1. The van der Waals surface area contributed by atoms with Crippen LogP contribution in [-0.2, 0) is 0 Å². The third kappa shape index (κ3) is 2.52. The number of rotatable bonds is 4. The highest BCUT2D eigenvalue weighted by Gasteiger charge is 2.38. The van der Waals surface area contributed by atoms with Crippen LogP contribution in [0.2, 0.25) is 0 Å². The second-order valence-electron chi connectivity index (χ2n) is 4.74. The van der Waals surface area contributed by atoms with Crippen molar-refractivity contribution in [1.82, 2.24) is 15.3 Å². The SMILES string of the molecule is CCCC1(C(=O)c2cncnc2)CCNCC1. The van der Waals surface area contributed by atoms with Crippen molar-refractivity contribution >= 4 is 5.78 Å². The lowest BCUT2D eigenvalue weighted by Crippen LogP contribution is -2.42. The Bertz CT molecular complexity index is 366. The van der Waals surface area contributed by atoms with Crippen molar-refractivity contribution in [3.8, 4) is 0 Å². The number of ketones is 1. The highest BCUT2D eigenvalue weighted by molar-refractivity contribution is 6.00. The van der Waals surface area contributed by atoms with Crippen LogP contribution in [0.15, 0.2) is 18.7 Å². The fraction of sp³-hybridized carbons (Fsp3) is 0.615. The third-order valence-corrected chi connectivity index (χ3v) is 3.59. The van der Waals surface area contributed by atoms with Crippen LogP contribution >= 0.6 is 0 Å². The Kier molecular flexibility index (Phi) is 3.84. The summed E-state index contributed by atoms with van der Waals surface area (Å²) in [6, 6.07) is 0. The molecule has 0 amide bonds. The lowest BCUT2D eigenvalue weighted by Gasteiger charge is -2.36. The molecule has 1 aliphatic heterocycles. The summed E-state index contributed by atoms with van der Waals surface area (Å²) in [7, 11) is 0. The molecule has 2 heterocycles. The average molecular weight is 233 g/mol. The first kappa shape index (κ1) is 12.2. The zero-order valence-electron chi connectivity index (χ0n) is 10.3. The monoisotopic (exact) mass is 233 g/mol. The molecule has 2 rings (SSSR count). The number of hydrogen-bond donors (Lipinski definition) is 1. The van der Waals surface area contributed by atoms with Gasteiger partial charge in [0, 0.05) is 17.8 Å². The Hall–Kier alpha value is -1.29. The van der Waals surface area contributed by atoms with Crippen molar-refractivity contribution in [3.05, 3.63) is 24.3 Å². The van der Waals surface area contributed by atoms with Crippen molar-refractivity contribution in [2.75, 3.05) is 13.1 Å². The Labute approximate surface area is 102 Å². The number of Topliss-reactive ketones (excluding diaryl/α,β-unsaturated/α-hetero) is 1. The molecule has 4 nitrogen and oxygen atoms in total. The first-order valence-electron chi connectivity index (χ1n) is 6.29. The summed E-state index contributed by atoms with van der Waals surface area (Å²) in [6.07, 6.45) is 8.58. The molecule has 1 fully saturated rings. The molecule has 1 aromatic heterocycles. The highest BCUT2D eigenvalue weighted by atomic mass is 16.1. The molecule has 0 atom stereocenters. The number of carbonyl (C=O) groups is 1. The van der Waals surface area contributed by atoms with E-state index in [-0.39, 0.29) is 11.2 Å². The normalized spacial score (nSPS) is 18.9. The molecular formula is C13H19N3O. The molecule has 0 bridgehead atoms. The number of hydrogen-bond acceptors (Lipinski definition) is 4. The molecule has 0 aromatic carbocycles. The van der Waals surface area contributed by atoms with Gasteiger partial charge < -0.3 is 5.32 Å². The Morgan fingerprint density at radius 1 is 1.35 bits per heavy atom. The van der Waals surface area contributed by atoms with E-state index < -0.39 is 0 Å². The molecule has 92 valence electrons. The van der Waals surface area contributed by atoms with E-state index in [9.17, 15) is 4.79 Å². The van der Waals surface area contributed by atoms with Gasteiger partial charge in [0.2, 0.25) is 0 Å². The van der Waals surface area contributed by atoms with E-state index in [2.05, 4.69) is 22.2 Å². The molecule has 1 aromatic rings. The van der Waals surface area contributed by atoms with E-state index in [1.165, 1.54) is 6.33 Å². The molecule has 1 saturated heterocycles. The summed E-state index contributed by atoms with van der Waals surface area (Å²) in [5.41, 5.74) is 0.466. The number of carbonyl (C=O) groups excluding carboxylic acids is 1. The molecule has 17 heavy (non-hydrogen) atoms. The van der Waals surface area contributed by atoms with Gasteiger partial charge >= 0.3 is 0 Å². The van der Waals surface area contributed by atoms with E-state index in [0.717, 1.165) is 38.8 Å². The molecule has 0 saturated carbocycles. The van der Waals surface area contributed by atoms with Gasteiger partial charge in [-0.25, -0.2) is 9.97 Å². The van der Waals surface area contributed by atoms with Crippen molar-refractivity contribution in [2.45, 2.75) is 32.6 Å². The van der Waals surface area contributed by atoms with E-state index in [1.54, 1.807) is 12.4 Å². The summed E-state index contributed by atoms with van der Waals surface area (Å²) in [5, 5.41) is 3.32. The van der Waals surface area contributed by atoms with Gasteiger partial charge in [0.1, 0.15) is 6.33 Å². The zero-order chi connectivity index (χ0) is 12.1. The highest BCUT2D eigenvalue weighted by Crippen LogP contribution is 2.37. The van der Waals surface area contributed by atoms with Gasteiger partial charge in [-0.15, -0.1) is 0 Å². The smallest absolute Gasteiger partial charge is 0.172 e. The molecular weight excluding hydrogens is 214 g/mol. The number of aromatic nitrogens is 2. The van der Waals surface area contributed by atoms with Crippen LogP contribution in [0.3, 0.4) is 0 Å². The summed E-state index contributed by atoms with van der Waals surface area (Å²) in [6.45, 7) is 4.00. The van der Waals surface area contributed by atoms with Gasteiger partial charge in [0.25, 0.3) is 0 Å². The van der Waals surface area contributed by atoms with E-state index >= 15 is 0 Å². The standard InChI is InChI=1S/C13H19N3O/c1-2-3-13(4-6-14-7-5-13)12(17)11-8-15-10-16-9-11/h8-10,14H,2-7H2,1H3. The van der Waals surface area contributed by atoms with Crippen LogP contribution in [0, 0.1) is 5.41 Å². The summed E-state index contributed by atoms with van der Waals surface area (Å²) in [4.78, 5) is 20.5. The fourth-order valence-electron chi connectivity index (χ4n) is 2.70. The van der Waals surface area contributed by atoms with Crippen molar-refractivity contribution < 1.29 is 4.79 Å². The minimum atomic E-state index is -0.190. The Morgan fingerprint density at radius 2 is 2.00 bits per heavy atom. The molecule has 4 heteroatoms. The summed E-state index contributed by atoms with van der Waals surface area (Å²) >= 11 is 0. The summed E-state index contributed by atoms with van der Waals surface area (Å²) < 4.78 is 0. The molecule has 1 aliphatic rings. The topological polar surface area (TPSA) is 54.9 Å². The maximum Gasteiger partial charge on any atom is 0.172 e. The fourth-order valence-corrected chi connectivity index (χ4v) is 2.70. The van der Waals surface area contributed by atoms with E-state index in [4.69, 9.17) is 0 Å². The van der Waals surface area contributed by atoms with Gasteiger partial charge in [-0.05, 0) is 32.4 Å². The average Bonchev–Trinajstić information content (AvgIpc) is 2.40. The lowest BCUT2D eigenvalue weighted by atomic mass is 9.70. The van der Waals surface area contributed by atoms with Gasteiger partial charge in [0.15, 0.2) is 5.78 Å². The van der Waals surface area contributed by atoms with Crippen molar-refractivity contribution in [3.63, 3.8) is 0 Å². The molecule has 1 N–H and O–H groups in total. The van der Waals surface area contributed by atoms with E-state index in [0.29, 0.717) is 5.56 Å². The zero-order valence-corrected chi connectivity index (χ0v) is 10.3. The number of nitrogens with zero attached hydrogens (tertiary/aromatic N) is 2. The molecule has 0 radical (unpaired) electrons. The minimum absolute atomic E-state index is 0.190. The Morgan fingerprint density at radius 3 is 2.59 bits per heavy atom. The van der Waals surface area contributed by atoms with Gasteiger partial charge in [0.05, 0.1) is 5.56 Å². The number of piperidine rings is 1. The quantitative estimate of drug-likeness (QED) is 0.806. The lowest BCUT2D eigenvalue weighted by molar-refractivity contribution is 0.0703. The van der Waals surface area contributed by atoms with Crippen LogP contribution in [0.1, 0.15) is 43.0 Å². The first-order valence-corrected chi connectivity index (χ1v) is 6.29. The van der Waals surface area contributed by atoms with Gasteiger partial charge in [-0.1, -0.05) is 13.3 Å². The predicted molar refractivity (Wildman–Crippen MR) is 65.8 cm³/mol. The maximum absolute atomic E-state index is 12.6. The van der Waals surface area contributed by atoms with Crippen LogP contribution in [0.25, 0.3) is 0 Å². The predicted octanol–water partition coefficient (Wildman–Crippen LogP) is 1.83. The summed E-state index contributed by atoms with van der Waals surface area (Å²) in [5.74, 6) is 0.224. The van der Waals surface area contributed by atoms with Crippen molar-refractivity contribution in [2.24, 2.45) is 5.41 Å². The molecule has 0 spiro atoms. The van der Waals surface area contributed by atoms with Crippen LogP contribution in [-0.4, -0.2) is 28.8 Å². The van der Waals surface area contributed by atoms with E-state index in [1.807, 2.05) is 0 Å². The van der Waals surface area contributed by atoms with Crippen LogP contribution < -0.4 is 5.32 Å². The molecule has 0 unspecified atom stereocenters. The largest absolute Gasteiger partial charge is 0.317 e. The van der Waals surface area contributed by atoms with Gasteiger partial charge in [-0.2, -0.15) is 0 Å². The van der Waals surface area contributed by atoms with Gasteiger partial charge in [-0.3, -0.25) is 4.79 Å². The van der Waals surface area contributed by atoms with Crippen LogP contribution in [0.5, 0.6) is 0 Å². The van der Waals surface area contributed by atoms with Crippen LogP contribution in [0.4, 0.5) is 0 Å². The van der Waals surface area contributed by atoms with Crippen molar-refractivity contribution in [1.29, 1.82) is 0 Å². The second-order valence-corrected chi connectivity index (χ2v) is 4.74. The minimum Gasteiger partial charge on any atom is -0.317 e. The second kappa shape index (κ2) is 5.36. The first-order chi connectivity index (χ1) is 8.28.